The molecule has 0 aliphatic carbocycles. The zero-order valence-corrected chi connectivity index (χ0v) is 13.3. The molecule has 0 aromatic heterocycles. The Bertz CT molecular complexity index is 696. The first-order valence-corrected chi connectivity index (χ1v) is 7.71. The molecule has 0 unspecified atom stereocenters. The highest BCUT2D eigenvalue weighted by atomic mass is 19.1. The Balaban J connectivity index is 1.81. The third kappa shape index (κ3) is 4.97. The number of carboxylic acid groups (broad SMARTS) is 1. The molecule has 0 bridgehead atoms. The molecule has 2 rings (SSSR count). The molecule has 7 nitrogen and oxygen atoms in total. The Morgan fingerprint density at radius 1 is 1.08 bits per heavy atom. The first kappa shape index (κ1) is 18.3. The minimum absolute atomic E-state index is 0.145. The van der Waals surface area contributed by atoms with Crippen LogP contribution < -0.4 is 5.32 Å². The van der Waals surface area contributed by atoms with Gasteiger partial charge in [-0.15, -0.1) is 0 Å². The van der Waals surface area contributed by atoms with E-state index in [1.807, 2.05) is 0 Å². The highest BCUT2D eigenvalue weighted by Gasteiger charge is 2.24. The van der Waals surface area contributed by atoms with Crippen LogP contribution in [0.25, 0.3) is 0 Å². The molecule has 1 atom stereocenters. The van der Waals surface area contributed by atoms with Crippen molar-refractivity contribution in [1.29, 1.82) is 0 Å². The second kappa shape index (κ2) is 8.18. The number of halogens is 1. The number of carbonyl (C=O) groups excluding carboxylic acids is 3. The molecule has 0 spiro atoms. The summed E-state index contributed by atoms with van der Waals surface area (Å²) in [4.78, 5) is 47.1. The molecular weight excluding hydrogens is 331 g/mol. The van der Waals surface area contributed by atoms with Crippen LogP contribution in [0.2, 0.25) is 0 Å². The van der Waals surface area contributed by atoms with Gasteiger partial charge in [-0.2, -0.15) is 0 Å². The molecule has 0 saturated carbocycles. The Morgan fingerprint density at radius 3 is 2.24 bits per heavy atom. The van der Waals surface area contributed by atoms with E-state index in [1.165, 1.54) is 24.3 Å². The van der Waals surface area contributed by atoms with E-state index in [-0.39, 0.29) is 30.3 Å². The van der Waals surface area contributed by atoms with E-state index in [0.717, 1.165) is 17.0 Å². The van der Waals surface area contributed by atoms with E-state index >= 15 is 0 Å². The van der Waals surface area contributed by atoms with Gasteiger partial charge >= 0.3 is 5.97 Å². The molecule has 3 amide bonds. The normalized spacial score (nSPS) is 14.7. The van der Waals surface area contributed by atoms with Gasteiger partial charge in [0.05, 0.1) is 0 Å². The van der Waals surface area contributed by atoms with Crippen molar-refractivity contribution in [3.05, 3.63) is 47.8 Å². The third-order valence-corrected chi connectivity index (χ3v) is 3.73. The van der Waals surface area contributed by atoms with Crippen LogP contribution in [0.1, 0.15) is 29.6 Å². The van der Waals surface area contributed by atoms with Crippen LogP contribution in [0.5, 0.6) is 0 Å². The molecule has 1 aliphatic rings. The second-order valence-corrected chi connectivity index (χ2v) is 5.53. The molecule has 1 aliphatic heterocycles. The summed E-state index contributed by atoms with van der Waals surface area (Å²) in [7, 11) is 0. The highest BCUT2D eigenvalue weighted by Crippen LogP contribution is 2.09. The number of rotatable bonds is 8. The first-order chi connectivity index (χ1) is 11.9. The van der Waals surface area contributed by atoms with Crippen LogP contribution in [0, 0.1) is 5.82 Å². The number of imide groups is 1. The van der Waals surface area contributed by atoms with Crippen molar-refractivity contribution < 1.29 is 28.7 Å². The number of carbonyl (C=O) groups is 4. The summed E-state index contributed by atoms with van der Waals surface area (Å²) in [5, 5.41) is 11.6. The summed E-state index contributed by atoms with van der Waals surface area (Å²) in [6.07, 6.45) is 3.34. The first-order valence-electron chi connectivity index (χ1n) is 7.71. The molecule has 0 radical (unpaired) electrons. The summed E-state index contributed by atoms with van der Waals surface area (Å²) < 4.78 is 12.8. The van der Waals surface area contributed by atoms with Crippen LogP contribution >= 0.6 is 0 Å². The van der Waals surface area contributed by atoms with Crippen molar-refractivity contribution in [1.82, 2.24) is 10.2 Å². The van der Waals surface area contributed by atoms with E-state index in [2.05, 4.69) is 5.32 Å². The lowest BCUT2D eigenvalue weighted by Gasteiger charge is -2.16. The number of aliphatic carboxylic acids is 1. The van der Waals surface area contributed by atoms with Gasteiger partial charge in [0.15, 0.2) is 0 Å². The summed E-state index contributed by atoms with van der Waals surface area (Å²) >= 11 is 0. The molecule has 25 heavy (non-hydrogen) atoms. The monoisotopic (exact) mass is 348 g/mol. The highest BCUT2D eigenvalue weighted by molar-refractivity contribution is 6.12. The summed E-state index contributed by atoms with van der Waals surface area (Å²) in [6.45, 7) is 0.197. The molecule has 0 fully saturated rings. The predicted octanol–water partition coefficient (Wildman–Crippen LogP) is 1.10. The van der Waals surface area contributed by atoms with E-state index in [0.29, 0.717) is 12.8 Å². The van der Waals surface area contributed by atoms with Gasteiger partial charge in [-0.3, -0.25) is 19.3 Å². The van der Waals surface area contributed by atoms with E-state index in [1.54, 1.807) is 0 Å². The van der Waals surface area contributed by atoms with Crippen molar-refractivity contribution in [2.45, 2.75) is 25.3 Å². The van der Waals surface area contributed by atoms with Crippen molar-refractivity contribution in [2.24, 2.45) is 0 Å². The molecular formula is C17H17FN2O5. The van der Waals surface area contributed by atoms with E-state index in [4.69, 9.17) is 0 Å². The Kier molecular flexibility index (Phi) is 5.99. The number of hydrogen-bond acceptors (Lipinski definition) is 4. The molecule has 1 aromatic carbocycles. The zero-order chi connectivity index (χ0) is 18.4. The largest absolute Gasteiger partial charge is 0.480 e. The number of benzene rings is 1. The fourth-order valence-electron chi connectivity index (χ4n) is 2.37. The van der Waals surface area contributed by atoms with Crippen molar-refractivity contribution in [3.8, 4) is 0 Å². The fourth-order valence-corrected chi connectivity index (χ4v) is 2.37. The van der Waals surface area contributed by atoms with Crippen LogP contribution in [-0.2, 0) is 14.4 Å². The quantitative estimate of drug-likeness (QED) is 0.541. The fraction of sp³-hybridized carbons (Fsp3) is 0.294. The lowest BCUT2D eigenvalue weighted by atomic mass is 10.1. The number of nitrogens with zero attached hydrogens (tertiary/aromatic N) is 1. The molecule has 8 heteroatoms. The lowest BCUT2D eigenvalue weighted by Crippen LogP contribution is -2.41. The van der Waals surface area contributed by atoms with Crippen molar-refractivity contribution in [3.63, 3.8) is 0 Å². The van der Waals surface area contributed by atoms with Crippen LogP contribution in [0.3, 0.4) is 0 Å². The summed E-state index contributed by atoms with van der Waals surface area (Å²) in [5.74, 6) is -3.06. The topological polar surface area (TPSA) is 104 Å². The number of hydrogen-bond donors (Lipinski definition) is 2. The maximum absolute atomic E-state index is 12.8. The SMILES string of the molecule is O=C(N[C@@H](CCCCN1C(=O)C=CC1=O)C(=O)O)c1ccc(F)cc1. The Morgan fingerprint density at radius 2 is 1.68 bits per heavy atom. The number of amides is 3. The Hall–Kier alpha value is -3.03. The standard InChI is InChI=1S/C17H17FN2O5/c18-12-6-4-11(5-7-12)16(23)19-13(17(24)25)3-1-2-10-20-14(21)8-9-15(20)22/h4-9,13H,1-3,10H2,(H,19,23)(H,24,25)/t13-/m0/s1. The average molecular weight is 348 g/mol. The van der Waals surface area contributed by atoms with Gasteiger partial charge in [0.25, 0.3) is 17.7 Å². The van der Waals surface area contributed by atoms with Gasteiger partial charge in [0, 0.05) is 24.3 Å². The number of carboxylic acids is 1. The van der Waals surface area contributed by atoms with Crippen LogP contribution in [-0.4, -0.2) is 46.3 Å². The molecule has 1 aromatic rings. The minimum atomic E-state index is -1.19. The third-order valence-electron chi connectivity index (χ3n) is 3.73. The average Bonchev–Trinajstić information content (AvgIpc) is 2.89. The van der Waals surface area contributed by atoms with Gasteiger partial charge in [0.1, 0.15) is 11.9 Å². The number of nitrogens with one attached hydrogen (secondary N) is 1. The molecule has 1 heterocycles. The predicted molar refractivity (Wildman–Crippen MR) is 85.0 cm³/mol. The van der Waals surface area contributed by atoms with Gasteiger partial charge in [0.2, 0.25) is 0 Å². The maximum atomic E-state index is 12.8. The van der Waals surface area contributed by atoms with Gasteiger partial charge in [-0.05, 0) is 43.5 Å². The maximum Gasteiger partial charge on any atom is 0.326 e. The second-order valence-electron chi connectivity index (χ2n) is 5.53. The number of unbranched alkanes of at least 4 members (excludes halogenated alkanes) is 1. The minimum Gasteiger partial charge on any atom is -0.480 e. The lowest BCUT2D eigenvalue weighted by molar-refractivity contribution is -0.140. The van der Waals surface area contributed by atoms with Crippen molar-refractivity contribution >= 4 is 23.7 Å². The van der Waals surface area contributed by atoms with Gasteiger partial charge in [-0.1, -0.05) is 0 Å². The Labute approximate surface area is 143 Å². The van der Waals surface area contributed by atoms with Gasteiger partial charge in [-0.25, -0.2) is 9.18 Å². The van der Waals surface area contributed by atoms with Gasteiger partial charge < -0.3 is 10.4 Å². The summed E-state index contributed by atoms with van der Waals surface area (Å²) in [5.41, 5.74) is 0.159. The molecule has 132 valence electrons. The van der Waals surface area contributed by atoms with E-state index in [9.17, 15) is 28.7 Å². The smallest absolute Gasteiger partial charge is 0.326 e. The van der Waals surface area contributed by atoms with Crippen LogP contribution in [0.15, 0.2) is 36.4 Å². The van der Waals surface area contributed by atoms with Crippen LogP contribution in [0.4, 0.5) is 4.39 Å². The summed E-state index contributed by atoms with van der Waals surface area (Å²) in [6, 6.07) is 3.65. The zero-order valence-electron chi connectivity index (χ0n) is 13.3. The molecule has 0 saturated heterocycles. The molecule has 2 N–H and O–H groups in total. The van der Waals surface area contributed by atoms with Crippen molar-refractivity contribution in [2.75, 3.05) is 6.54 Å². The van der Waals surface area contributed by atoms with E-state index < -0.39 is 23.7 Å².